The summed E-state index contributed by atoms with van der Waals surface area (Å²) in [5.74, 6) is 1.11. The molecular formula is C16H28N2O. The van der Waals surface area contributed by atoms with Crippen LogP contribution >= 0.6 is 0 Å². The molecule has 19 heavy (non-hydrogen) atoms. The van der Waals surface area contributed by atoms with E-state index in [2.05, 4.69) is 23.2 Å². The highest BCUT2D eigenvalue weighted by Gasteiger charge is 2.28. The standard InChI is InChI=1S/C16H28N2O/c1-2-10-17-11-4-3-5-12-18(15-8-9-15)14-16-7-6-13-19-16/h6-7,13,15,17H,2-5,8-12,14H2,1H3. The van der Waals surface area contributed by atoms with Gasteiger partial charge in [0.1, 0.15) is 5.76 Å². The van der Waals surface area contributed by atoms with Crippen LogP contribution in [0.1, 0.15) is 51.2 Å². The second-order valence-electron chi connectivity index (χ2n) is 5.59. The second kappa shape index (κ2) is 8.39. The predicted octanol–water partition coefficient (Wildman–Crippen LogP) is 3.41. The van der Waals surface area contributed by atoms with Crippen LogP contribution in [-0.4, -0.2) is 30.6 Å². The zero-order valence-electron chi connectivity index (χ0n) is 12.2. The maximum absolute atomic E-state index is 5.46. The monoisotopic (exact) mass is 264 g/mol. The summed E-state index contributed by atoms with van der Waals surface area (Å²) >= 11 is 0. The van der Waals surface area contributed by atoms with Crippen molar-refractivity contribution >= 4 is 0 Å². The van der Waals surface area contributed by atoms with Crippen LogP contribution in [0.25, 0.3) is 0 Å². The van der Waals surface area contributed by atoms with Gasteiger partial charge in [0.05, 0.1) is 12.8 Å². The highest BCUT2D eigenvalue weighted by Crippen LogP contribution is 2.28. The molecule has 0 radical (unpaired) electrons. The molecular weight excluding hydrogens is 236 g/mol. The molecule has 0 atom stereocenters. The summed E-state index contributed by atoms with van der Waals surface area (Å²) < 4.78 is 5.46. The molecule has 0 aliphatic heterocycles. The minimum atomic E-state index is 0.823. The molecule has 1 N–H and O–H groups in total. The summed E-state index contributed by atoms with van der Waals surface area (Å²) in [5.41, 5.74) is 0. The Hall–Kier alpha value is -0.800. The number of furan rings is 1. The largest absolute Gasteiger partial charge is 0.468 e. The first kappa shape index (κ1) is 14.6. The maximum Gasteiger partial charge on any atom is 0.117 e. The second-order valence-corrected chi connectivity index (χ2v) is 5.59. The lowest BCUT2D eigenvalue weighted by atomic mass is 10.2. The third kappa shape index (κ3) is 5.79. The molecule has 1 aromatic rings. The molecule has 1 fully saturated rings. The molecule has 0 bridgehead atoms. The number of rotatable bonds is 11. The Labute approximate surface area is 117 Å². The van der Waals surface area contributed by atoms with Crippen molar-refractivity contribution in [2.45, 2.75) is 58.0 Å². The van der Waals surface area contributed by atoms with E-state index in [-0.39, 0.29) is 0 Å². The van der Waals surface area contributed by atoms with Crippen molar-refractivity contribution in [2.24, 2.45) is 0 Å². The van der Waals surface area contributed by atoms with Crippen LogP contribution in [0.4, 0.5) is 0 Å². The Kier molecular flexibility index (Phi) is 6.45. The van der Waals surface area contributed by atoms with Crippen molar-refractivity contribution in [2.75, 3.05) is 19.6 Å². The Morgan fingerprint density at radius 1 is 1.26 bits per heavy atom. The highest BCUT2D eigenvalue weighted by atomic mass is 16.3. The topological polar surface area (TPSA) is 28.4 Å². The first-order valence-corrected chi connectivity index (χ1v) is 7.87. The van der Waals surface area contributed by atoms with Gasteiger partial charge in [0.25, 0.3) is 0 Å². The van der Waals surface area contributed by atoms with Gasteiger partial charge in [-0.2, -0.15) is 0 Å². The van der Waals surface area contributed by atoms with Crippen LogP contribution in [0.5, 0.6) is 0 Å². The summed E-state index contributed by atoms with van der Waals surface area (Å²) in [6.45, 7) is 6.77. The minimum absolute atomic E-state index is 0.823. The van der Waals surface area contributed by atoms with Gasteiger partial charge in [-0.05, 0) is 63.9 Å². The van der Waals surface area contributed by atoms with E-state index in [1.807, 2.05) is 6.07 Å². The zero-order valence-corrected chi connectivity index (χ0v) is 12.2. The van der Waals surface area contributed by atoms with Gasteiger partial charge >= 0.3 is 0 Å². The smallest absolute Gasteiger partial charge is 0.117 e. The van der Waals surface area contributed by atoms with Gasteiger partial charge in [0, 0.05) is 6.04 Å². The average molecular weight is 264 g/mol. The normalized spacial score (nSPS) is 15.3. The minimum Gasteiger partial charge on any atom is -0.468 e. The summed E-state index contributed by atoms with van der Waals surface area (Å²) in [6.07, 6.45) is 9.71. The van der Waals surface area contributed by atoms with Crippen LogP contribution in [0.15, 0.2) is 22.8 Å². The third-order valence-electron chi connectivity index (χ3n) is 3.73. The molecule has 1 aliphatic rings. The Morgan fingerprint density at radius 3 is 2.84 bits per heavy atom. The fraction of sp³-hybridized carbons (Fsp3) is 0.750. The van der Waals surface area contributed by atoms with Crippen molar-refractivity contribution in [3.05, 3.63) is 24.2 Å². The van der Waals surface area contributed by atoms with Gasteiger partial charge in [-0.25, -0.2) is 0 Å². The molecule has 0 saturated heterocycles. The lowest BCUT2D eigenvalue weighted by Crippen LogP contribution is -2.26. The summed E-state index contributed by atoms with van der Waals surface area (Å²) in [6, 6.07) is 4.90. The maximum atomic E-state index is 5.46. The van der Waals surface area contributed by atoms with E-state index >= 15 is 0 Å². The molecule has 3 heteroatoms. The fourth-order valence-corrected chi connectivity index (χ4v) is 2.48. The lowest BCUT2D eigenvalue weighted by molar-refractivity contribution is 0.228. The van der Waals surface area contributed by atoms with E-state index in [4.69, 9.17) is 4.42 Å². The van der Waals surface area contributed by atoms with E-state index in [0.717, 1.165) is 24.9 Å². The first-order valence-electron chi connectivity index (χ1n) is 7.87. The Bertz CT molecular complexity index is 319. The third-order valence-corrected chi connectivity index (χ3v) is 3.73. The van der Waals surface area contributed by atoms with Crippen molar-refractivity contribution in [1.82, 2.24) is 10.2 Å². The molecule has 2 rings (SSSR count). The van der Waals surface area contributed by atoms with Gasteiger partial charge in [0.15, 0.2) is 0 Å². The number of hydrogen-bond donors (Lipinski definition) is 1. The van der Waals surface area contributed by atoms with Crippen LogP contribution in [0.3, 0.4) is 0 Å². The Balaban J connectivity index is 1.56. The lowest BCUT2D eigenvalue weighted by Gasteiger charge is -2.20. The summed E-state index contributed by atoms with van der Waals surface area (Å²) in [7, 11) is 0. The number of unbranched alkanes of at least 4 members (excludes halogenated alkanes) is 2. The van der Waals surface area contributed by atoms with Gasteiger partial charge in [-0.15, -0.1) is 0 Å². The molecule has 0 unspecified atom stereocenters. The molecule has 3 nitrogen and oxygen atoms in total. The van der Waals surface area contributed by atoms with Crippen LogP contribution in [0.2, 0.25) is 0 Å². The molecule has 108 valence electrons. The molecule has 0 aromatic carbocycles. The van der Waals surface area contributed by atoms with Crippen molar-refractivity contribution in [3.8, 4) is 0 Å². The first-order chi connectivity index (χ1) is 9.40. The molecule has 1 aromatic heterocycles. The number of nitrogens with one attached hydrogen (secondary N) is 1. The molecule has 1 heterocycles. The van der Waals surface area contributed by atoms with Gasteiger partial charge in [-0.1, -0.05) is 13.3 Å². The SMILES string of the molecule is CCCNCCCCCN(Cc1ccco1)C1CC1. The van der Waals surface area contributed by atoms with E-state index in [1.165, 1.54) is 51.6 Å². The van der Waals surface area contributed by atoms with Crippen LogP contribution < -0.4 is 5.32 Å². The van der Waals surface area contributed by atoms with Gasteiger partial charge in [0.2, 0.25) is 0 Å². The van der Waals surface area contributed by atoms with Gasteiger partial charge in [-0.3, -0.25) is 4.90 Å². The van der Waals surface area contributed by atoms with E-state index in [1.54, 1.807) is 6.26 Å². The summed E-state index contributed by atoms with van der Waals surface area (Å²) in [4.78, 5) is 2.60. The fourth-order valence-electron chi connectivity index (χ4n) is 2.48. The van der Waals surface area contributed by atoms with E-state index in [9.17, 15) is 0 Å². The van der Waals surface area contributed by atoms with Crippen molar-refractivity contribution in [1.29, 1.82) is 0 Å². The van der Waals surface area contributed by atoms with Crippen LogP contribution in [0, 0.1) is 0 Å². The molecule has 0 amide bonds. The zero-order chi connectivity index (χ0) is 13.3. The quantitative estimate of drug-likeness (QED) is 0.621. The predicted molar refractivity (Wildman–Crippen MR) is 79.2 cm³/mol. The van der Waals surface area contributed by atoms with Gasteiger partial charge < -0.3 is 9.73 Å². The molecule has 1 aliphatic carbocycles. The molecule has 1 saturated carbocycles. The van der Waals surface area contributed by atoms with E-state index < -0.39 is 0 Å². The van der Waals surface area contributed by atoms with Crippen molar-refractivity contribution < 1.29 is 4.42 Å². The van der Waals surface area contributed by atoms with Crippen molar-refractivity contribution in [3.63, 3.8) is 0 Å². The average Bonchev–Trinajstić information content (AvgIpc) is 3.14. The highest BCUT2D eigenvalue weighted by molar-refractivity contribution is 4.99. The number of hydrogen-bond acceptors (Lipinski definition) is 3. The summed E-state index contributed by atoms with van der Waals surface area (Å²) in [5, 5.41) is 3.47. The molecule has 0 spiro atoms. The van der Waals surface area contributed by atoms with E-state index in [0.29, 0.717) is 0 Å². The Morgan fingerprint density at radius 2 is 2.16 bits per heavy atom. The van der Waals surface area contributed by atoms with Crippen LogP contribution in [-0.2, 0) is 6.54 Å². The number of nitrogens with zero attached hydrogens (tertiary/aromatic N) is 1.